The van der Waals surface area contributed by atoms with Crippen molar-refractivity contribution in [1.29, 1.82) is 0 Å². The molecule has 0 atom stereocenters. The molecule has 0 aliphatic rings. The highest BCUT2D eigenvalue weighted by Gasteiger charge is 2.03. The van der Waals surface area contributed by atoms with Crippen molar-refractivity contribution >= 4 is 32.9 Å². The number of nitrogens with zero attached hydrogens (tertiary/aromatic N) is 1. The third-order valence-electron chi connectivity index (χ3n) is 2.82. The number of aromatic nitrogens is 1. The Hall–Kier alpha value is -1.19. The van der Waals surface area contributed by atoms with E-state index in [0.717, 1.165) is 27.4 Å². The normalized spacial score (nSPS) is 12.1. The zero-order chi connectivity index (χ0) is 12.3. The second kappa shape index (κ2) is 5.43. The van der Waals surface area contributed by atoms with E-state index in [1.54, 1.807) is 0 Å². The Morgan fingerprint density at radius 1 is 1.41 bits per heavy atom. The Kier molecular flexibility index (Phi) is 3.92. The molecule has 88 valence electrons. The predicted octanol–water partition coefficient (Wildman–Crippen LogP) is 3.75. The fourth-order valence-corrected chi connectivity index (χ4v) is 2.25. The quantitative estimate of drug-likeness (QED) is 0.935. The molecule has 0 aliphatic carbocycles. The largest absolute Gasteiger partial charge is 0.327 e. The lowest BCUT2D eigenvalue weighted by atomic mass is 10.1. The maximum atomic E-state index is 5.71. The van der Waals surface area contributed by atoms with Gasteiger partial charge in [-0.15, -0.1) is 0 Å². The van der Waals surface area contributed by atoms with E-state index in [0.29, 0.717) is 6.54 Å². The summed E-state index contributed by atoms with van der Waals surface area (Å²) in [5, 5.41) is 1.13. The number of benzene rings is 1. The summed E-state index contributed by atoms with van der Waals surface area (Å²) < 4.78 is 1.07. The van der Waals surface area contributed by atoms with Crippen LogP contribution in [0.15, 0.2) is 40.5 Å². The van der Waals surface area contributed by atoms with Crippen LogP contribution in [-0.2, 0) is 0 Å². The van der Waals surface area contributed by atoms with Crippen LogP contribution < -0.4 is 5.73 Å². The molecule has 0 saturated carbocycles. The first-order chi connectivity index (χ1) is 8.26. The van der Waals surface area contributed by atoms with Gasteiger partial charge in [0.1, 0.15) is 0 Å². The molecule has 0 spiro atoms. The Balaban J connectivity index is 2.63. The van der Waals surface area contributed by atoms with Gasteiger partial charge in [-0.3, -0.25) is 4.98 Å². The maximum Gasteiger partial charge on any atom is 0.0785 e. The van der Waals surface area contributed by atoms with Gasteiger partial charge in [0.2, 0.25) is 0 Å². The van der Waals surface area contributed by atoms with Crippen LogP contribution in [0.1, 0.15) is 18.9 Å². The molecule has 0 saturated heterocycles. The van der Waals surface area contributed by atoms with E-state index in [1.807, 2.05) is 12.3 Å². The van der Waals surface area contributed by atoms with E-state index in [2.05, 4.69) is 52.1 Å². The van der Waals surface area contributed by atoms with Crippen LogP contribution in [-0.4, -0.2) is 11.5 Å². The molecule has 0 aliphatic heterocycles. The van der Waals surface area contributed by atoms with Crippen LogP contribution in [0.4, 0.5) is 0 Å². The molecule has 0 radical (unpaired) electrons. The van der Waals surface area contributed by atoms with E-state index in [4.69, 9.17) is 5.73 Å². The molecule has 2 N–H and O–H groups in total. The predicted molar refractivity (Wildman–Crippen MR) is 76.8 cm³/mol. The molecule has 0 bridgehead atoms. The van der Waals surface area contributed by atoms with Crippen molar-refractivity contribution in [2.45, 2.75) is 13.3 Å². The van der Waals surface area contributed by atoms with Crippen LogP contribution >= 0.6 is 15.9 Å². The molecule has 2 aromatic rings. The number of fused-ring (bicyclic) bond motifs is 1. The van der Waals surface area contributed by atoms with Crippen molar-refractivity contribution in [3.05, 3.63) is 46.1 Å². The van der Waals surface area contributed by atoms with E-state index < -0.39 is 0 Å². The smallest absolute Gasteiger partial charge is 0.0785 e. The molecule has 1 aromatic carbocycles. The lowest BCUT2D eigenvalue weighted by molar-refractivity contribution is 1.02. The van der Waals surface area contributed by atoms with E-state index >= 15 is 0 Å². The highest BCUT2D eigenvalue weighted by Crippen LogP contribution is 2.26. The SMILES string of the molecule is CC/C(=C/c1ccc(Br)c2cccnc12)CN. The average molecular weight is 291 g/mol. The highest BCUT2D eigenvalue weighted by molar-refractivity contribution is 9.10. The van der Waals surface area contributed by atoms with Gasteiger partial charge in [-0.2, -0.15) is 0 Å². The standard InChI is InChI=1S/C14H15BrN2/c1-2-10(9-16)8-11-5-6-13(15)12-4-3-7-17-14(11)12/h3-8H,2,9,16H2,1H3/b10-8-. The fraction of sp³-hybridized carbons (Fsp3) is 0.214. The lowest BCUT2D eigenvalue weighted by Crippen LogP contribution is -2.01. The minimum Gasteiger partial charge on any atom is -0.327 e. The molecule has 1 aromatic heterocycles. The van der Waals surface area contributed by atoms with E-state index in [-0.39, 0.29) is 0 Å². The van der Waals surface area contributed by atoms with Gasteiger partial charge in [-0.25, -0.2) is 0 Å². The highest BCUT2D eigenvalue weighted by atomic mass is 79.9. The van der Waals surface area contributed by atoms with Gasteiger partial charge in [0, 0.05) is 28.2 Å². The van der Waals surface area contributed by atoms with Gasteiger partial charge in [0.05, 0.1) is 5.52 Å². The van der Waals surface area contributed by atoms with Crippen molar-refractivity contribution < 1.29 is 0 Å². The minimum atomic E-state index is 0.598. The number of halogens is 1. The monoisotopic (exact) mass is 290 g/mol. The van der Waals surface area contributed by atoms with Gasteiger partial charge in [0.15, 0.2) is 0 Å². The van der Waals surface area contributed by atoms with Crippen molar-refractivity contribution in [3.8, 4) is 0 Å². The van der Waals surface area contributed by atoms with Crippen molar-refractivity contribution in [3.63, 3.8) is 0 Å². The zero-order valence-corrected chi connectivity index (χ0v) is 11.4. The number of hydrogen-bond acceptors (Lipinski definition) is 2. The van der Waals surface area contributed by atoms with E-state index in [1.165, 1.54) is 5.57 Å². The Labute approximate surface area is 110 Å². The Morgan fingerprint density at radius 3 is 2.94 bits per heavy atom. The summed E-state index contributed by atoms with van der Waals surface area (Å²) in [6, 6.07) is 8.15. The summed E-state index contributed by atoms with van der Waals surface area (Å²) in [6.45, 7) is 2.72. The number of rotatable bonds is 3. The van der Waals surface area contributed by atoms with Crippen molar-refractivity contribution in [2.24, 2.45) is 5.73 Å². The van der Waals surface area contributed by atoms with Crippen LogP contribution in [0.2, 0.25) is 0 Å². The molecule has 3 heteroatoms. The van der Waals surface area contributed by atoms with Crippen molar-refractivity contribution in [1.82, 2.24) is 4.98 Å². The molecular formula is C14H15BrN2. The topological polar surface area (TPSA) is 38.9 Å². The summed E-state index contributed by atoms with van der Waals surface area (Å²) in [5.74, 6) is 0. The summed E-state index contributed by atoms with van der Waals surface area (Å²) in [5.41, 5.74) is 9.09. The summed E-state index contributed by atoms with van der Waals surface area (Å²) in [7, 11) is 0. The van der Waals surface area contributed by atoms with Gasteiger partial charge < -0.3 is 5.73 Å². The van der Waals surface area contributed by atoms with Crippen LogP contribution in [0.3, 0.4) is 0 Å². The van der Waals surface area contributed by atoms with Crippen molar-refractivity contribution in [2.75, 3.05) is 6.54 Å². The first-order valence-corrected chi connectivity index (χ1v) is 6.48. The first-order valence-electron chi connectivity index (χ1n) is 5.69. The second-order valence-corrected chi connectivity index (χ2v) is 4.75. The summed E-state index contributed by atoms with van der Waals surface area (Å²) >= 11 is 3.55. The first kappa shape index (κ1) is 12.3. The maximum absolute atomic E-state index is 5.71. The number of pyridine rings is 1. The summed E-state index contributed by atoms with van der Waals surface area (Å²) in [6.07, 6.45) is 4.93. The fourth-order valence-electron chi connectivity index (χ4n) is 1.80. The molecule has 0 unspecified atom stereocenters. The average Bonchev–Trinajstić information content (AvgIpc) is 2.38. The number of nitrogens with two attached hydrogens (primary N) is 1. The number of hydrogen-bond donors (Lipinski definition) is 1. The third kappa shape index (κ3) is 2.56. The van der Waals surface area contributed by atoms with Gasteiger partial charge in [-0.05, 0) is 18.6 Å². The van der Waals surface area contributed by atoms with Crippen LogP contribution in [0.5, 0.6) is 0 Å². The second-order valence-electron chi connectivity index (χ2n) is 3.90. The Morgan fingerprint density at radius 2 is 2.24 bits per heavy atom. The zero-order valence-electron chi connectivity index (χ0n) is 9.78. The van der Waals surface area contributed by atoms with Gasteiger partial charge in [-0.1, -0.05) is 46.6 Å². The third-order valence-corrected chi connectivity index (χ3v) is 3.52. The molecule has 2 nitrogen and oxygen atoms in total. The van der Waals surface area contributed by atoms with E-state index in [9.17, 15) is 0 Å². The molecule has 0 fully saturated rings. The lowest BCUT2D eigenvalue weighted by Gasteiger charge is -2.06. The molecular weight excluding hydrogens is 276 g/mol. The van der Waals surface area contributed by atoms with Gasteiger partial charge >= 0.3 is 0 Å². The Bertz CT molecular complexity index is 555. The van der Waals surface area contributed by atoms with Crippen LogP contribution in [0, 0.1) is 0 Å². The molecule has 2 rings (SSSR count). The van der Waals surface area contributed by atoms with Crippen LogP contribution in [0.25, 0.3) is 17.0 Å². The summed E-state index contributed by atoms with van der Waals surface area (Å²) in [4.78, 5) is 4.45. The van der Waals surface area contributed by atoms with Gasteiger partial charge in [0.25, 0.3) is 0 Å². The minimum absolute atomic E-state index is 0.598. The molecule has 0 amide bonds. The molecule has 1 heterocycles. The molecule has 17 heavy (non-hydrogen) atoms.